The summed E-state index contributed by atoms with van der Waals surface area (Å²) in [6.07, 6.45) is 4.22. The second-order valence-corrected chi connectivity index (χ2v) is 7.95. The van der Waals surface area contributed by atoms with Gasteiger partial charge in [0.15, 0.2) is 0 Å². The number of hydrogen-bond donors (Lipinski definition) is 2. The number of nitrogens with zero attached hydrogens (tertiary/aromatic N) is 1. The summed E-state index contributed by atoms with van der Waals surface area (Å²) >= 11 is 0. The summed E-state index contributed by atoms with van der Waals surface area (Å²) in [5.41, 5.74) is 2.81. The number of carbonyl (C=O) groups is 1. The maximum absolute atomic E-state index is 12.1. The van der Waals surface area contributed by atoms with Crippen molar-refractivity contribution in [3.8, 4) is 5.69 Å². The third-order valence-electron chi connectivity index (χ3n) is 4.20. The van der Waals surface area contributed by atoms with E-state index in [0.717, 1.165) is 16.8 Å². The van der Waals surface area contributed by atoms with E-state index in [-0.39, 0.29) is 17.2 Å². The highest BCUT2D eigenvalue weighted by Gasteiger charge is 2.10. The Labute approximate surface area is 158 Å². The van der Waals surface area contributed by atoms with Gasteiger partial charge in [-0.05, 0) is 54.6 Å². The van der Waals surface area contributed by atoms with Crippen LogP contribution in [0.3, 0.4) is 0 Å². The van der Waals surface area contributed by atoms with E-state index in [1.165, 1.54) is 19.2 Å². The number of aromatic nitrogens is 1. The number of benzene rings is 2. The van der Waals surface area contributed by atoms with Crippen molar-refractivity contribution >= 4 is 15.9 Å². The molecule has 2 aromatic carbocycles. The second-order valence-electron chi connectivity index (χ2n) is 6.06. The van der Waals surface area contributed by atoms with Crippen molar-refractivity contribution in [2.24, 2.45) is 0 Å². The standard InChI is InChI=1S/C20H21N3O3S/c1-21-27(25,26)19-10-6-17(7-11-19)15-22-20(24)14-16-4-8-18(9-5-16)23-12-2-3-13-23/h2-13,21H,14-15H2,1H3,(H,22,24). The third-order valence-corrected chi connectivity index (χ3v) is 5.63. The van der Waals surface area contributed by atoms with Gasteiger partial charge in [-0.1, -0.05) is 24.3 Å². The summed E-state index contributed by atoms with van der Waals surface area (Å²) in [4.78, 5) is 12.3. The number of amides is 1. The molecule has 1 amide bonds. The lowest BCUT2D eigenvalue weighted by Crippen LogP contribution is -2.24. The van der Waals surface area contributed by atoms with Crippen molar-refractivity contribution in [3.05, 3.63) is 84.2 Å². The molecule has 0 bridgehead atoms. The normalized spacial score (nSPS) is 11.3. The van der Waals surface area contributed by atoms with Gasteiger partial charge in [0.05, 0.1) is 11.3 Å². The fourth-order valence-electron chi connectivity index (χ4n) is 2.65. The van der Waals surface area contributed by atoms with Crippen molar-refractivity contribution in [3.63, 3.8) is 0 Å². The average molecular weight is 383 g/mol. The number of hydrogen-bond acceptors (Lipinski definition) is 3. The van der Waals surface area contributed by atoms with Crippen LogP contribution >= 0.6 is 0 Å². The van der Waals surface area contributed by atoms with Gasteiger partial charge in [0.2, 0.25) is 15.9 Å². The maximum Gasteiger partial charge on any atom is 0.240 e. The number of carbonyl (C=O) groups excluding carboxylic acids is 1. The molecule has 0 aliphatic heterocycles. The van der Waals surface area contributed by atoms with E-state index in [2.05, 4.69) is 10.0 Å². The zero-order valence-corrected chi connectivity index (χ0v) is 15.7. The average Bonchev–Trinajstić information content (AvgIpc) is 3.22. The van der Waals surface area contributed by atoms with Gasteiger partial charge in [-0.3, -0.25) is 4.79 Å². The summed E-state index contributed by atoms with van der Waals surface area (Å²) in [5.74, 6) is -0.0874. The molecule has 0 aliphatic rings. The van der Waals surface area contributed by atoms with Gasteiger partial charge in [-0.15, -0.1) is 0 Å². The van der Waals surface area contributed by atoms with Crippen LogP contribution in [-0.2, 0) is 27.8 Å². The number of sulfonamides is 1. The van der Waals surface area contributed by atoms with Crippen molar-refractivity contribution in [1.82, 2.24) is 14.6 Å². The molecule has 2 N–H and O–H groups in total. The molecule has 0 fully saturated rings. The van der Waals surface area contributed by atoms with Gasteiger partial charge in [-0.2, -0.15) is 0 Å². The van der Waals surface area contributed by atoms with Gasteiger partial charge < -0.3 is 9.88 Å². The first-order valence-electron chi connectivity index (χ1n) is 8.49. The molecule has 0 spiro atoms. The van der Waals surface area contributed by atoms with Crippen LogP contribution in [0, 0.1) is 0 Å². The smallest absolute Gasteiger partial charge is 0.240 e. The van der Waals surface area contributed by atoms with Crippen LogP contribution in [0.5, 0.6) is 0 Å². The van der Waals surface area contributed by atoms with E-state index in [4.69, 9.17) is 0 Å². The Morgan fingerprint density at radius 3 is 2.11 bits per heavy atom. The highest BCUT2D eigenvalue weighted by Crippen LogP contribution is 2.12. The van der Waals surface area contributed by atoms with Crippen molar-refractivity contribution < 1.29 is 13.2 Å². The van der Waals surface area contributed by atoms with E-state index in [1.54, 1.807) is 12.1 Å². The minimum absolute atomic E-state index is 0.0874. The molecular formula is C20H21N3O3S. The van der Waals surface area contributed by atoms with Crippen molar-refractivity contribution in [1.29, 1.82) is 0 Å². The summed E-state index contributed by atoms with van der Waals surface area (Å²) in [6, 6.07) is 18.2. The molecule has 27 heavy (non-hydrogen) atoms. The van der Waals surface area contributed by atoms with E-state index in [0.29, 0.717) is 6.54 Å². The predicted octanol–water partition coefficient (Wildman–Crippen LogP) is 2.24. The topological polar surface area (TPSA) is 80.2 Å². The molecule has 140 valence electrons. The van der Waals surface area contributed by atoms with Crippen LogP contribution in [0.2, 0.25) is 0 Å². The third kappa shape index (κ3) is 4.84. The molecule has 6 nitrogen and oxygen atoms in total. The lowest BCUT2D eigenvalue weighted by molar-refractivity contribution is -0.120. The zero-order chi connectivity index (χ0) is 19.3. The Bertz CT molecular complexity index is 994. The molecule has 3 rings (SSSR count). The number of rotatable bonds is 7. The predicted molar refractivity (Wildman–Crippen MR) is 104 cm³/mol. The van der Waals surface area contributed by atoms with Gasteiger partial charge in [0.1, 0.15) is 0 Å². The van der Waals surface area contributed by atoms with Gasteiger partial charge in [0, 0.05) is 24.6 Å². The molecule has 1 aromatic heterocycles. The minimum Gasteiger partial charge on any atom is -0.352 e. The molecule has 0 saturated carbocycles. The first-order valence-corrected chi connectivity index (χ1v) is 9.98. The number of nitrogens with one attached hydrogen (secondary N) is 2. The first-order chi connectivity index (χ1) is 13.0. The van der Waals surface area contributed by atoms with Crippen LogP contribution in [0.25, 0.3) is 5.69 Å². The SMILES string of the molecule is CNS(=O)(=O)c1ccc(CNC(=O)Cc2ccc(-n3cccc3)cc2)cc1. The van der Waals surface area contributed by atoms with Crippen LogP contribution in [0.1, 0.15) is 11.1 Å². The van der Waals surface area contributed by atoms with E-state index in [9.17, 15) is 13.2 Å². The summed E-state index contributed by atoms with van der Waals surface area (Å²) in [5, 5.41) is 2.85. The largest absolute Gasteiger partial charge is 0.352 e. The summed E-state index contributed by atoms with van der Waals surface area (Å²) < 4.78 is 27.7. The maximum atomic E-state index is 12.1. The Morgan fingerprint density at radius 1 is 0.926 bits per heavy atom. The minimum atomic E-state index is -3.45. The molecule has 7 heteroatoms. The molecule has 0 radical (unpaired) electrons. The lowest BCUT2D eigenvalue weighted by atomic mass is 10.1. The van der Waals surface area contributed by atoms with E-state index in [1.807, 2.05) is 53.4 Å². The molecule has 1 heterocycles. The Kier molecular flexibility index (Phi) is 5.73. The molecule has 0 atom stereocenters. The zero-order valence-electron chi connectivity index (χ0n) is 14.9. The van der Waals surface area contributed by atoms with Crippen LogP contribution in [-0.4, -0.2) is 25.9 Å². The quantitative estimate of drug-likeness (QED) is 0.657. The Balaban J connectivity index is 1.54. The molecule has 0 aliphatic carbocycles. The highest BCUT2D eigenvalue weighted by atomic mass is 32.2. The van der Waals surface area contributed by atoms with E-state index >= 15 is 0 Å². The van der Waals surface area contributed by atoms with Crippen molar-refractivity contribution in [2.75, 3.05) is 7.05 Å². The van der Waals surface area contributed by atoms with Gasteiger partial charge >= 0.3 is 0 Å². The Morgan fingerprint density at radius 2 is 1.52 bits per heavy atom. The summed E-state index contributed by atoms with van der Waals surface area (Å²) in [7, 11) is -2.08. The van der Waals surface area contributed by atoms with Crippen molar-refractivity contribution in [2.45, 2.75) is 17.9 Å². The molecule has 0 saturated heterocycles. The summed E-state index contributed by atoms with van der Waals surface area (Å²) in [6.45, 7) is 0.347. The van der Waals surface area contributed by atoms with Crippen LogP contribution in [0.15, 0.2) is 78.0 Å². The van der Waals surface area contributed by atoms with Gasteiger partial charge in [0.25, 0.3) is 0 Å². The first kappa shape index (κ1) is 18.9. The van der Waals surface area contributed by atoms with Crippen LogP contribution < -0.4 is 10.0 Å². The monoisotopic (exact) mass is 383 g/mol. The van der Waals surface area contributed by atoms with E-state index < -0.39 is 10.0 Å². The Hall–Kier alpha value is -2.90. The molecule has 3 aromatic rings. The van der Waals surface area contributed by atoms with Gasteiger partial charge in [-0.25, -0.2) is 13.1 Å². The fraction of sp³-hybridized carbons (Fsp3) is 0.150. The second kappa shape index (κ2) is 8.20. The fourth-order valence-corrected chi connectivity index (χ4v) is 3.38. The highest BCUT2D eigenvalue weighted by molar-refractivity contribution is 7.89. The molecule has 0 unspecified atom stereocenters. The van der Waals surface area contributed by atoms with Crippen LogP contribution in [0.4, 0.5) is 0 Å². The lowest BCUT2D eigenvalue weighted by Gasteiger charge is -2.08. The molecular weight excluding hydrogens is 362 g/mol.